The Kier molecular flexibility index (Phi) is 6.05. The molecule has 0 aliphatic heterocycles. The van der Waals surface area contributed by atoms with Crippen molar-refractivity contribution in [1.29, 1.82) is 0 Å². The van der Waals surface area contributed by atoms with Gasteiger partial charge in [0.1, 0.15) is 5.75 Å². The third-order valence-electron chi connectivity index (χ3n) is 4.68. The molecule has 0 aliphatic carbocycles. The third kappa shape index (κ3) is 4.46. The second kappa shape index (κ2) is 9.23. The molecule has 0 atom stereocenters. The molecule has 1 heterocycles. The number of fused-ring (bicyclic) bond motifs is 1. The van der Waals surface area contributed by atoms with Crippen LogP contribution in [0.15, 0.2) is 83.3 Å². The molecule has 7 heteroatoms. The van der Waals surface area contributed by atoms with Crippen LogP contribution >= 0.6 is 11.3 Å². The number of amides is 2. The van der Waals surface area contributed by atoms with E-state index < -0.39 is 5.91 Å². The van der Waals surface area contributed by atoms with Crippen LogP contribution in [0.25, 0.3) is 10.8 Å². The first-order chi connectivity index (χ1) is 15.2. The van der Waals surface area contributed by atoms with Crippen molar-refractivity contribution in [2.45, 2.75) is 0 Å². The Balaban J connectivity index is 1.54. The van der Waals surface area contributed by atoms with Gasteiger partial charge in [0.05, 0.1) is 29.5 Å². The lowest BCUT2D eigenvalue weighted by Gasteiger charge is -2.10. The fraction of sp³-hybridized carbons (Fsp3) is 0.0417. The predicted molar refractivity (Wildman–Crippen MR) is 124 cm³/mol. The van der Waals surface area contributed by atoms with Gasteiger partial charge in [-0.3, -0.25) is 9.59 Å². The summed E-state index contributed by atoms with van der Waals surface area (Å²) in [6.45, 7) is 0. The number of hydrogen-bond donors (Lipinski definition) is 2. The number of para-hydroxylation sites is 1. The highest BCUT2D eigenvalue weighted by molar-refractivity contribution is 7.12. The molecule has 3 aromatic carbocycles. The standard InChI is InChI=1S/C24H19N3O3S/c1-30-21-13-12-16-7-2-3-8-17(16)19(21)15-25-27-23(28)18-9-4-5-10-20(18)26-24(29)22-11-6-14-31-22/h2-15H,1H3,(H,26,29)(H,27,28). The summed E-state index contributed by atoms with van der Waals surface area (Å²) >= 11 is 1.33. The van der Waals surface area contributed by atoms with E-state index in [1.165, 1.54) is 11.3 Å². The second-order valence-corrected chi connectivity index (χ2v) is 7.53. The Bertz CT molecular complexity index is 1270. The quantitative estimate of drug-likeness (QED) is 0.337. The first-order valence-electron chi connectivity index (χ1n) is 9.50. The SMILES string of the molecule is COc1ccc2ccccc2c1C=NNC(=O)c1ccccc1NC(=O)c1cccs1. The summed E-state index contributed by atoms with van der Waals surface area (Å²) in [4.78, 5) is 25.7. The number of ether oxygens (including phenoxy) is 1. The van der Waals surface area contributed by atoms with Crippen molar-refractivity contribution >= 4 is 45.8 Å². The molecule has 0 bridgehead atoms. The van der Waals surface area contributed by atoms with Crippen LogP contribution in [0.2, 0.25) is 0 Å². The van der Waals surface area contributed by atoms with E-state index in [1.807, 2.05) is 41.8 Å². The highest BCUT2D eigenvalue weighted by atomic mass is 32.1. The number of thiophene rings is 1. The molecule has 6 nitrogen and oxygen atoms in total. The Hall–Kier alpha value is -3.97. The highest BCUT2D eigenvalue weighted by Crippen LogP contribution is 2.26. The number of hydrogen-bond acceptors (Lipinski definition) is 5. The van der Waals surface area contributed by atoms with Gasteiger partial charge in [-0.05, 0) is 40.4 Å². The van der Waals surface area contributed by atoms with Crippen molar-refractivity contribution in [3.63, 3.8) is 0 Å². The van der Waals surface area contributed by atoms with Gasteiger partial charge in [0.15, 0.2) is 0 Å². The topological polar surface area (TPSA) is 79.8 Å². The number of rotatable bonds is 6. The van der Waals surface area contributed by atoms with Gasteiger partial charge in [-0.15, -0.1) is 11.3 Å². The second-order valence-electron chi connectivity index (χ2n) is 6.58. The van der Waals surface area contributed by atoms with E-state index in [2.05, 4.69) is 15.8 Å². The number of anilines is 1. The van der Waals surface area contributed by atoms with Crippen LogP contribution in [0.3, 0.4) is 0 Å². The maximum absolute atomic E-state index is 12.7. The molecule has 0 spiro atoms. The zero-order valence-corrected chi connectivity index (χ0v) is 17.5. The molecule has 0 aliphatic rings. The molecule has 0 fully saturated rings. The van der Waals surface area contributed by atoms with Crippen molar-refractivity contribution in [3.05, 3.63) is 94.2 Å². The molecule has 0 saturated carbocycles. The average molecular weight is 430 g/mol. The minimum Gasteiger partial charge on any atom is -0.496 e. The largest absolute Gasteiger partial charge is 0.496 e. The molecule has 4 rings (SSSR count). The zero-order valence-electron chi connectivity index (χ0n) is 16.7. The summed E-state index contributed by atoms with van der Waals surface area (Å²) in [5, 5.41) is 10.7. The number of hydrazone groups is 1. The molecule has 2 amide bonds. The molecule has 31 heavy (non-hydrogen) atoms. The molecule has 0 radical (unpaired) electrons. The monoisotopic (exact) mass is 429 g/mol. The number of benzene rings is 3. The number of methoxy groups -OCH3 is 1. The first kappa shape index (κ1) is 20.3. The van der Waals surface area contributed by atoms with E-state index >= 15 is 0 Å². The minimum absolute atomic E-state index is 0.265. The van der Waals surface area contributed by atoms with Crippen LogP contribution < -0.4 is 15.5 Å². The maximum atomic E-state index is 12.7. The fourth-order valence-electron chi connectivity index (χ4n) is 3.18. The summed E-state index contributed by atoms with van der Waals surface area (Å²) < 4.78 is 5.44. The van der Waals surface area contributed by atoms with E-state index in [0.29, 0.717) is 21.9 Å². The summed E-state index contributed by atoms with van der Waals surface area (Å²) in [7, 11) is 1.59. The Morgan fingerprint density at radius 3 is 2.55 bits per heavy atom. The van der Waals surface area contributed by atoms with Crippen molar-refractivity contribution in [3.8, 4) is 5.75 Å². The van der Waals surface area contributed by atoms with Crippen LogP contribution in [0.4, 0.5) is 5.69 Å². The van der Waals surface area contributed by atoms with Crippen LogP contribution in [-0.2, 0) is 0 Å². The molecule has 0 saturated heterocycles. The average Bonchev–Trinajstić information content (AvgIpc) is 3.34. The van der Waals surface area contributed by atoms with Gasteiger partial charge < -0.3 is 10.1 Å². The Morgan fingerprint density at radius 2 is 1.74 bits per heavy atom. The highest BCUT2D eigenvalue weighted by Gasteiger charge is 2.14. The Morgan fingerprint density at radius 1 is 0.935 bits per heavy atom. The number of nitrogens with one attached hydrogen (secondary N) is 2. The summed E-state index contributed by atoms with van der Waals surface area (Å²) in [6.07, 6.45) is 1.56. The van der Waals surface area contributed by atoms with Gasteiger partial charge >= 0.3 is 0 Å². The molecule has 2 N–H and O–H groups in total. The minimum atomic E-state index is -0.433. The number of nitrogens with zero attached hydrogens (tertiary/aromatic N) is 1. The van der Waals surface area contributed by atoms with E-state index in [-0.39, 0.29) is 5.91 Å². The van der Waals surface area contributed by atoms with Crippen LogP contribution in [0.5, 0.6) is 5.75 Å². The first-order valence-corrected chi connectivity index (χ1v) is 10.4. The van der Waals surface area contributed by atoms with Crippen LogP contribution in [0.1, 0.15) is 25.6 Å². The third-order valence-corrected chi connectivity index (χ3v) is 5.54. The molecule has 154 valence electrons. The molecule has 4 aromatic rings. The van der Waals surface area contributed by atoms with Crippen molar-refractivity contribution in [2.24, 2.45) is 5.10 Å². The molecule has 0 unspecified atom stereocenters. The van der Waals surface area contributed by atoms with Gasteiger partial charge in [0.25, 0.3) is 11.8 Å². The van der Waals surface area contributed by atoms with Crippen molar-refractivity contribution in [1.82, 2.24) is 5.43 Å². The van der Waals surface area contributed by atoms with Crippen LogP contribution in [-0.4, -0.2) is 25.1 Å². The van der Waals surface area contributed by atoms with Gasteiger partial charge in [-0.1, -0.05) is 48.5 Å². The van der Waals surface area contributed by atoms with Gasteiger partial charge in [0, 0.05) is 5.56 Å². The van der Waals surface area contributed by atoms with Gasteiger partial charge in [-0.2, -0.15) is 5.10 Å². The zero-order chi connectivity index (χ0) is 21.6. The van der Waals surface area contributed by atoms with E-state index in [0.717, 1.165) is 16.3 Å². The number of carbonyl (C=O) groups is 2. The van der Waals surface area contributed by atoms with E-state index in [1.54, 1.807) is 49.7 Å². The van der Waals surface area contributed by atoms with Crippen molar-refractivity contribution in [2.75, 3.05) is 12.4 Å². The van der Waals surface area contributed by atoms with Crippen LogP contribution in [0, 0.1) is 0 Å². The fourth-order valence-corrected chi connectivity index (χ4v) is 3.80. The lowest BCUT2D eigenvalue weighted by atomic mass is 10.0. The Labute approximate surface area is 183 Å². The van der Waals surface area contributed by atoms with E-state index in [4.69, 9.17) is 4.74 Å². The van der Waals surface area contributed by atoms with Gasteiger partial charge in [0.2, 0.25) is 0 Å². The lowest BCUT2D eigenvalue weighted by molar-refractivity contribution is 0.0956. The van der Waals surface area contributed by atoms with Gasteiger partial charge in [-0.25, -0.2) is 5.43 Å². The normalized spacial score (nSPS) is 10.9. The summed E-state index contributed by atoms with van der Waals surface area (Å²) in [5.41, 5.74) is 4.03. The molecule has 1 aromatic heterocycles. The smallest absolute Gasteiger partial charge is 0.273 e. The molecular weight excluding hydrogens is 410 g/mol. The summed E-state index contributed by atoms with van der Waals surface area (Å²) in [5.74, 6) is -0.0444. The maximum Gasteiger partial charge on any atom is 0.273 e. The predicted octanol–water partition coefficient (Wildman–Crippen LogP) is 4.93. The van der Waals surface area contributed by atoms with E-state index in [9.17, 15) is 9.59 Å². The van der Waals surface area contributed by atoms with Crippen molar-refractivity contribution < 1.29 is 14.3 Å². The lowest BCUT2D eigenvalue weighted by Crippen LogP contribution is -2.21. The molecular formula is C24H19N3O3S. The summed E-state index contributed by atoms with van der Waals surface area (Å²) in [6, 6.07) is 22.0. The number of carbonyl (C=O) groups excluding carboxylic acids is 2.